The van der Waals surface area contributed by atoms with E-state index in [9.17, 15) is 14.4 Å². The number of hydrogen-bond acceptors (Lipinski definition) is 5. The first kappa shape index (κ1) is 24.1. The van der Waals surface area contributed by atoms with Crippen molar-refractivity contribution >= 4 is 17.7 Å². The summed E-state index contributed by atoms with van der Waals surface area (Å²) in [5.74, 6) is 2.35. The van der Waals surface area contributed by atoms with Gasteiger partial charge in [-0.25, -0.2) is 4.68 Å². The number of benzene rings is 2. The van der Waals surface area contributed by atoms with Crippen LogP contribution >= 0.6 is 0 Å². The fourth-order valence-corrected chi connectivity index (χ4v) is 7.59. The molecule has 0 unspecified atom stereocenters. The average Bonchev–Trinajstić information content (AvgIpc) is 3.46. The number of nitrogens with one attached hydrogen (secondary N) is 1. The van der Waals surface area contributed by atoms with E-state index in [-0.39, 0.29) is 43.5 Å². The largest absolute Gasteiger partial charge is 0.472 e. The van der Waals surface area contributed by atoms with Gasteiger partial charge in [-0.2, -0.15) is 5.10 Å². The van der Waals surface area contributed by atoms with E-state index in [1.807, 2.05) is 30.3 Å². The number of carbonyl (C=O) groups is 3. The molecule has 5 aliphatic rings. The van der Waals surface area contributed by atoms with Crippen molar-refractivity contribution in [3.8, 4) is 5.88 Å². The zero-order valence-electron chi connectivity index (χ0n) is 21.8. The Bertz CT molecular complexity index is 1370. The molecule has 2 aromatic carbocycles. The molecule has 4 bridgehead atoms. The molecule has 0 spiro atoms. The van der Waals surface area contributed by atoms with Crippen LogP contribution < -0.4 is 10.1 Å². The lowest BCUT2D eigenvalue weighted by Crippen LogP contribution is -2.55. The maximum Gasteiger partial charge on any atom is 0.261 e. The predicted octanol–water partition coefficient (Wildman–Crippen LogP) is 4.31. The van der Waals surface area contributed by atoms with Crippen molar-refractivity contribution in [2.75, 3.05) is 6.54 Å². The van der Waals surface area contributed by atoms with Crippen molar-refractivity contribution in [1.82, 2.24) is 20.0 Å². The SMILES string of the molecule is O=C(NC1C2CC3CC(C2)CC1C3)c1cnn(CCN2C(=O)c3ccccc3C2=O)c1OCc1ccccc1. The minimum Gasteiger partial charge on any atom is -0.472 e. The number of fused-ring (bicyclic) bond motifs is 1. The van der Waals surface area contributed by atoms with Crippen LogP contribution in [0.2, 0.25) is 0 Å². The monoisotopic (exact) mass is 524 g/mol. The highest BCUT2D eigenvalue weighted by atomic mass is 16.5. The molecular weight excluding hydrogens is 492 g/mol. The number of aromatic nitrogens is 2. The second-order valence-electron chi connectivity index (χ2n) is 11.6. The summed E-state index contributed by atoms with van der Waals surface area (Å²) >= 11 is 0. The zero-order chi connectivity index (χ0) is 26.5. The van der Waals surface area contributed by atoms with Crippen molar-refractivity contribution in [1.29, 1.82) is 0 Å². The fourth-order valence-electron chi connectivity index (χ4n) is 7.59. The molecular formula is C31H32N4O4. The first-order valence-electron chi connectivity index (χ1n) is 14.0. The highest BCUT2D eigenvalue weighted by Gasteiger charge is 2.48. The minimum absolute atomic E-state index is 0.131. The van der Waals surface area contributed by atoms with Crippen LogP contribution in [0, 0.1) is 23.7 Å². The molecule has 0 radical (unpaired) electrons. The summed E-state index contributed by atoms with van der Waals surface area (Å²) < 4.78 is 7.80. The number of rotatable bonds is 8. The summed E-state index contributed by atoms with van der Waals surface area (Å²) in [7, 11) is 0. The molecule has 8 nitrogen and oxygen atoms in total. The Morgan fingerprint density at radius 2 is 1.46 bits per heavy atom. The van der Waals surface area contributed by atoms with Crippen LogP contribution in [0.4, 0.5) is 0 Å². The van der Waals surface area contributed by atoms with E-state index >= 15 is 0 Å². The number of ether oxygens (including phenoxy) is 1. The van der Waals surface area contributed by atoms with E-state index in [0.29, 0.717) is 34.4 Å². The Morgan fingerprint density at radius 1 is 0.846 bits per heavy atom. The van der Waals surface area contributed by atoms with Crippen molar-refractivity contribution in [2.24, 2.45) is 23.7 Å². The Kier molecular flexibility index (Phi) is 5.98. The molecule has 200 valence electrons. The van der Waals surface area contributed by atoms with Crippen LogP contribution in [-0.4, -0.2) is 45.0 Å². The quantitative estimate of drug-likeness (QED) is 0.443. The highest BCUT2D eigenvalue weighted by molar-refractivity contribution is 6.21. The zero-order valence-corrected chi connectivity index (χ0v) is 21.8. The molecule has 3 amide bonds. The molecule has 8 heteroatoms. The summed E-state index contributed by atoms with van der Waals surface area (Å²) in [6, 6.07) is 16.8. The number of carbonyl (C=O) groups excluding carboxylic acids is 3. The van der Waals surface area contributed by atoms with Gasteiger partial charge in [0.25, 0.3) is 17.7 Å². The smallest absolute Gasteiger partial charge is 0.261 e. The third-order valence-corrected chi connectivity index (χ3v) is 9.19. The first-order valence-corrected chi connectivity index (χ1v) is 14.0. The molecule has 2 heterocycles. The molecule has 1 aliphatic heterocycles. The molecule has 4 saturated carbocycles. The van der Waals surface area contributed by atoms with Gasteiger partial charge in [0.15, 0.2) is 0 Å². The van der Waals surface area contributed by atoms with E-state index in [0.717, 1.165) is 17.4 Å². The molecule has 0 saturated heterocycles. The Hall–Kier alpha value is -3.94. The minimum atomic E-state index is -0.311. The summed E-state index contributed by atoms with van der Waals surface area (Å²) in [6.07, 6.45) is 7.78. The number of hydrogen-bond donors (Lipinski definition) is 1. The van der Waals surface area contributed by atoms with Gasteiger partial charge in [0.2, 0.25) is 5.88 Å². The second-order valence-corrected chi connectivity index (χ2v) is 11.6. The summed E-state index contributed by atoms with van der Waals surface area (Å²) in [5.41, 5.74) is 2.19. The van der Waals surface area contributed by atoms with Gasteiger partial charge >= 0.3 is 0 Å². The van der Waals surface area contributed by atoms with Crippen LogP contribution in [-0.2, 0) is 13.2 Å². The van der Waals surface area contributed by atoms with Gasteiger partial charge < -0.3 is 10.1 Å². The third kappa shape index (κ3) is 4.32. The first-order chi connectivity index (χ1) is 19.0. The van der Waals surface area contributed by atoms with Crippen molar-refractivity contribution < 1.29 is 19.1 Å². The van der Waals surface area contributed by atoms with Gasteiger partial charge in [-0.1, -0.05) is 42.5 Å². The summed E-state index contributed by atoms with van der Waals surface area (Å²) in [4.78, 5) is 40.6. The van der Waals surface area contributed by atoms with E-state index in [1.165, 1.54) is 37.0 Å². The summed E-state index contributed by atoms with van der Waals surface area (Å²) in [6.45, 7) is 0.630. The van der Waals surface area contributed by atoms with Crippen molar-refractivity contribution in [3.63, 3.8) is 0 Å². The predicted molar refractivity (Wildman–Crippen MR) is 143 cm³/mol. The Balaban J connectivity index is 1.11. The molecule has 8 rings (SSSR count). The lowest BCUT2D eigenvalue weighted by molar-refractivity contribution is -0.0120. The van der Waals surface area contributed by atoms with Gasteiger partial charge in [-0.15, -0.1) is 0 Å². The van der Waals surface area contributed by atoms with E-state index in [4.69, 9.17) is 4.74 Å². The van der Waals surface area contributed by atoms with Crippen LogP contribution in [0.25, 0.3) is 0 Å². The van der Waals surface area contributed by atoms with Gasteiger partial charge in [0.1, 0.15) is 12.2 Å². The van der Waals surface area contributed by atoms with Gasteiger partial charge in [0, 0.05) is 12.6 Å². The van der Waals surface area contributed by atoms with E-state index in [2.05, 4.69) is 10.4 Å². The average molecular weight is 525 g/mol. The standard InChI is InChI=1S/C31H32N4O4/c36-28(33-27-22-13-20-12-21(15-22)16-23(27)14-20)26-17-32-35(31(26)39-18-19-6-2-1-3-7-19)11-10-34-29(37)24-8-4-5-9-25(24)30(34)38/h1-9,17,20-23,27H,10-16,18H2,(H,33,36). The van der Waals surface area contributed by atoms with Crippen LogP contribution in [0.3, 0.4) is 0 Å². The molecule has 39 heavy (non-hydrogen) atoms. The molecule has 3 aromatic rings. The second kappa shape index (κ2) is 9.67. The molecule has 1 N–H and O–H groups in total. The van der Waals surface area contributed by atoms with Gasteiger partial charge in [-0.3, -0.25) is 19.3 Å². The molecule has 1 aromatic heterocycles. The Labute approximate surface area is 227 Å². The van der Waals surface area contributed by atoms with E-state index < -0.39 is 0 Å². The fraction of sp³-hybridized carbons (Fsp3) is 0.419. The third-order valence-electron chi connectivity index (χ3n) is 9.19. The summed E-state index contributed by atoms with van der Waals surface area (Å²) in [5, 5.41) is 7.84. The Morgan fingerprint density at radius 3 is 2.10 bits per heavy atom. The van der Waals surface area contributed by atoms with Crippen LogP contribution in [0.5, 0.6) is 5.88 Å². The maximum atomic E-state index is 13.6. The van der Waals surface area contributed by atoms with E-state index in [1.54, 1.807) is 35.1 Å². The lowest BCUT2D eigenvalue weighted by Gasteiger charge is -2.54. The van der Waals surface area contributed by atoms with Gasteiger partial charge in [0.05, 0.1) is 23.9 Å². The molecule has 0 atom stereocenters. The number of nitrogens with zero attached hydrogens (tertiary/aromatic N) is 3. The van der Waals surface area contributed by atoms with Crippen LogP contribution in [0.1, 0.15) is 68.7 Å². The topological polar surface area (TPSA) is 93.5 Å². The van der Waals surface area contributed by atoms with Gasteiger partial charge in [-0.05, 0) is 73.5 Å². The highest BCUT2D eigenvalue weighted by Crippen LogP contribution is 2.53. The van der Waals surface area contributed by atoms with Crippen molar-refractivity contribution in [2.45, 2.75) is 51.3 Å². The number of imide groups is 1. The van der Waals surface area contributed by atoms with Crippen LogP contribution in [0.15, 0.2) is 60.8 Å². The normalized spacial score (nSPS) is 26.7. The molecule has 4 aliphatic carbocycles. The lowest BCUT2D eigenvalue weighted by atomic mass is 9.54. The maximum absolute atomic E-state index is 13.6. The number of amides is 3. The van der Waals surface area contributed by atoms with Crippen molar-refractivity contribution in [3.05, 3.63) is 83.0 Å². The molecule has 4 fully saturated rings.